The molecule has 1 amide bonds. The van der Waals surface area contributed by atoms with Crippen molar-refractivity contribution in [3.05, 3.63) is 84.2 Å². The number of phenols is 1. The highest BCUT2D eigenvalue weighted by Crippen LogP contribution is 2.35. The lowest BCUT2D eigenvalue weighted by Crippen LogP contribution is -2.29. The van der Waals surface area contributed by atoms with Crippen LogP contribution in [-0.2, 0) is 29.0 Å². The smallest absolute Gasteiger partial charge is 0.262 e. The molecule has 35 heavy (non-hydrogen) atoms. The van der Waals surface area contributed by atoms with Gasteiger partial charge in [-0.2, -0.15) is 0 Å². The number of phenolic OH excluding ortho intramolecular Hbond substituents is 1. The molecule has 0 radical (unpaired) electrons. The number of nitrogens with one attached hydrogen (secondary N) is 1. The summed E-state index contributed by atoms with van der Waals surface area (Å²) in [5, 5.41) is 27.3. The Morgan fingerprint density at radius 3 is 2.54 bits per heavy atom. The van der Waals surface area contributed by atoms with E-state index in [1.807, 2.05) is 36.4 Å². The number of hydrogen-bond donors (Lipinski definition) is 4. The fourth-order valence-corrected chi connectivity index (χ4v) is 5.35. The minimum atomic E-state index is -2.33. The lowest BCUT2D eigenvalue weighted by atomic mass is 10.0. The summed E-state index contributed by atoms with van der Waals surface area (Å²) < 4.78 is 25.2. The van der Waals surface area contributed by atoms with Gasteiger partial charge in [-0.3, -0.25) is 18.9 Å². The third-order valence-electron chi connectivity index (χ3n) is 5.34. The van der Waals surface area contributed by atoms with E-state index in [0.717, 1.165) is 16.0 Å². The second-order valence-electron chi connectivity index (χ2n) is 7.70. The Morgan fingerprint density at radius 1 is 1.11 bits per heavy atom. The average Bonchev–Trinajstić information content (AvgIpc) is 3.53. The number of anilines is 1. The molecule has 4 rings (SSSR count). The number of nitrogens with zero attached hydrogens (tertiary/aromatic N) is 4. The number of rotatable bonds is 10. The van der Waals surface area contributed by atoms with Gasteiger partial charge >= 0.3 is 0 Å². The molecule has 0 saturated heterocycles. The molecule has 0 aliphatic heterocycles. The molecule has 12 heteroatoms. The highest BCUT2D eigenvalue weighted by atomic mass is 32.2. The molecule has 0 fully saturated rings. The van der Waals surface area contributed by atoms with E-state index < -0.39 is 23.2 Å². The monoisotopic (exact) mass is 513 g/mol. The third-order valence-corrected chi connectivity index (χ3v) is 7.31. The lowest BCUT2D eigenvalue weighted by molar-refractivity contribution is -0.130. The molecule has 0 saturated carbocycles. The SMILES string of the molecule is O=C(C[C@H](Cc1ccc(O)cc1)n1nncc1CN(c1ccc(-c2ccccc2)s1)S(=O)O)NO. The summed E-state index contributed by atoms with van der Waals surface area (Å²) in [7, 11) is 0. The van der Waals surface area contributed by atoms with E-state index in [1.54, 1.807) is 35.8 Å². The second kappa shape index (κ2) is 11.2. The van der Waals surface area contributed by atoms with Gasteiger partial charge in [0, 0.05) is 4.88 Å². The Bertz CT molecular complexity index is 1290. The van der Waals surface area contributed by atoms with E-state index in [4.69, 9.17) is 5.21 Å². The minimum Gasteiger partial charge on any atom is -0.508 e. The molecule has 2 aromatic carbocycles. The van der Waals surface area contributed by atoms with E-state index in [2.05, 4.69) is 10.3 Å². The summed E-state index contributed by atoms with van der Waals surface area (Å²) in [6.45, 7) is 0.0116. The van der Waals surface area contributed by atoms with Crippen molar-refractivity contribution < 1.29 is 23.9 Å². The van der Waals surface area contributed by atoms with Gasteiger partial charge in [0.1, 0.15) is 10.8 Å². The molecule has 182 valence electrons. The van der Waals surface area contributed by atoms with Crippen LogP contribution in [0.15, 0.2) is 72.9 Å². The van der Waals surface area contributed by atoms with Crippen molar-refractivity contribution in [2.45, 2.75) is 25.4 Å². The molecular formula is C23H23N5O5S2. The maximum absolute atomic E-state index is 12.3. The third kappa shape index (κ3) is 6.11. The molecule has 2 heterocycles. The largest absolute Gasteiger partial charge is 0.508 e. The zero-order valence-electron chi connectivity index (χ0n) is 18.4. The summed E-state index contributed by atoms with van der Waals surface area (Å²) in [5.74, 6) is -0.490. The van der Waals surface area contributed by atoms with Gasteiger partial charge in [0.05, 0.1) is 30.9 Å². The minimum absolute atomic E-state index is 0.0116. The molecule has 4 aromatic rings. The van der Waals surface area contributed by atoms with Gasteiger partial charge in [0.15, 0.2) is 0 Å². The topological polar surface area (TPSA) is 141 Å². The molecule has 4 N–H and O–H groups in total. The number of hydrogen-bond acceptors (Lipinski definition) is 7. The van der Waals surface area contributed by atoms with Crippen molar-refractivity contribution >= 4 is 33.5 Å². The quantitative estimate of drug-likeness (QED) is 0.144. The lowest BCUT2D eigenvalue weighted by Gasteiger charge is -2.22. The van der Waals surface area contributed by atoms with Crippen molar-refractivity contribution in [1.29, 1.82) is 0 Å². The summed E-state index contributed by atoms with van der Waals surface area (Å²) in [5.41, 5.74) is 3.98. The maximum Gasteiger partial charge on any atom is 0.262 e. The fourth-order valence-electron chi connectivity index (χ4n) is 3.67. The van der Waals surface area contributed by atoms with Crippen LogP contribution in [-0.4, -0.2) is 40.0 Å². The highest BCUT2D eigenvalue weighted by Gasteiger charge is 2.24. The van der Waals surface area contributed by atoms with Crippen LogP contribution in [0, 0.1) is 0 Å². The Kier molecular flexibility index (Phi) is 7.87. The van der Waals surface area contributed by atoms with Gasteiger partial charge in [-0.15, -0.1) is 16.4 Å². The molecule has 0 spiro atoms. The number of thiophene rings is 1. The van der Waals surface area contributed by atoms with E-state index in [9.17, 15) is 18.7 Å². The number of hydroxylamine groups is 1. The predicted octanol–water partition coefficient (Wildman–Crippen LogP) is 3.53. The van der Waals surface area contributed by atoms with E-state index in [0.29, 0.717) is 17.1 Å². The first-order valence-electron chi connectivity index (χ1n) is 10.6. The van der Waals surface area contributed by atoms with Crippen LogP contribution < -0.4 is 9.79 Å². The predicted molar refractivity (Wildman–Crippen MR) is 132 cm³/mol. The van der Waals surface area contributed by atoms with Crippen LogP contribution in [0.1, 0.15) is 23.7 Å². The average molecular weight is 514 g/mol. The molecule has 10 nitrogen and oxygen atoms in total. The van der Waals surface area contributed by atoms with Crippen LogP contribution in [0.5, 0.6) is 5.75 Å². The van der Waals surface area contributed by atoms with Gasteiger partial charge in [0.2, 0.25) is 5.91 Å². The van der Waals surface area contributed by atoms with Crippen LogP contribution in [0.3, 0.4) is 0 Å². The molecule has 0 aliphatic rings. The Morgan fingerprint density at radius 2 is 1.86 bits per heavy atom. The molecule has 1 unspecified atom stereocenters. The van der Waals surface area contributed by atoms with Crippen LogP contribution >= 0.6 is 11.3 Å². The maximum atomic E-state index is 12.3. The second-order valence-corrected chi connectivity index (χ2v) is 9.67. The molecule has 2 atom stereocenters. The first kappa shape index (κ1) is 24.5. The number of carbonyl (C=O) groups is 1. The summed E-state index contributed by atoms with van der Waals surface area (Å²) >= 11 is -0.950. The standard InChI is InChI=1S/C23H23N5O5S2/c29-20-8-6-16(7-9-20)12-18(13-22(30)25-31)28-19(14-24-26-28)15-27(35(32)33)23-11-10-21(34-23)17-4-2-1-3-5-17/h1-11,14,18,29,31H,12-13,15H2,(H,25,30)(H,32,33)/t18-/m0/s1. The van der Waals surface area contributed by atoms with E-state index in [-0.39, 0.29) is 18.7 Å². The van der Waals surface area contributed by atoms with Crippen LogP contribution in [0.2, 0.25) is 0 Å². The normalized spacial score (nSPS) is 12.7. The van der Waals surface area contributed by atoms with Gasteiger partial charge in [0.25, 0.3) is 11.3 Å². The number of carbonyl (C=O) groups excluding carboxylic acids is 1. The van der Waals surface area contributed by atoms with Crippen molar-refractivity contribution in [1.82, 2.24) is 20.5 Å². The van der Waals surface area contributed by atoms with E-state index in [1.165, 1.54) is 26.5 Å². The van der Waals surface area contributed by atoms with Gasteiger partial charge in [-0.1, -0.05) is 47.7 Å². The zero-order valence-corrected chi connectivity index (χ0v) is 20.0. The number of aromatic nitrogens is 3. The molecular weight excluding hydrogens is 490 g/mol. The highest BCUT2D eigenvalue weighted by molar-refractivity contribution is 7.81. The molecule has 0 aliphatic carbocycles. The Labute approximate surface area is 207 Å². The molecule has 0 bridgehead atoms. The van der Waals surface area contributed by atoms with Crippen molar-refractivity contribution in [3.63, 3.8) is 0 Å². The van der Waals surface area contributed by atoms with Crippen molar-refractivity contribution in [3.8, 4) is 16.2 Å². The fraction of sp³-hybridized carbons (Fsp3) is 0.174. The summed E-state index contributed by atoms with van der Waals surface area (Å²) in [4.78, 5) is 13.0. The summed E-state index contributed by atoms with van der Waals surface area (Å²) in [6, 6.07) is 19.4. The Balaban J connectivity index is 1.60. The van der Waals surface area contributed by atoms with Crippen LogP contribution in [0.25, 0.3) is 10.4 Å². The van der Waals surface area contributed by atoms with Gasteiger partial charge in [-0.25, -0.2) is 14.4 Å². The number of aromatic hydroxyl groups is 1. The van der Waals surface area contributed by atoms with Gasteiger partial charge in [-0.05, 0) is 41.8 Å². The first-order valence-corrected chi connectivity index (χ1v) is 12.5. The van der Waals surface area contributed by atoms with Crippen LogP contribution in [0.4, 0.5) is 5.00 Å². The number of benzene rings is 2. The Hall–Kier alpha value is -3.58. The van der Waals surface area contributed by atoms with Crippen molar-refractivity contribution in [2.24, 2.45) is 0 Å². The van der Waals surface area contributed by atoms with E-state index >= 15 is 0 Å². The van der Waals surface area contributed by atoms with Gasteiger partial charge < -0.3 is 5.11 Å². The zero-order chi connectivity index (χ0) is 24.8. The summed E-state index contributed by atoms with van der Waals surface area (Å²) in [6.07, 6.45) is 1.72. The first-order chi connectivity index (χ1) is 16.9. The number of amides is 1. The van der Waals surface area contributed by atoms with Crippen molar-refractivity contribution in [2.75, 3.05) is 4.31 Å². The molecule has 2 aromatic heterocycles.